The Morgan fingerprint density at radius 3 is 2.14 bits per heavy atom. The lowest BCUT2D eigenvalue weighted by Crippen LogP contribution is -2.54. The molecule has 14 heteroatoms. The number of likely N-dealkylation sites (tertiary alicyclic amines) is 1. The predicted octanol–water partition coefficient (Wildman–Crippen LogP) is 8.60. The molecule has 2 unspecified atom stereocenters. The number of carbonyl (C=O) groups excluding carboxylic acids is 5. The van der Waals surface area contributed by atoms with Crippen molar-refractivity contribution in [3.8, 4) is 22.8 Å². The van der Waals surface area contributed by atoms with Gasteiger partial charge in [-0.05, 0) is 118 Å². The van der Waals surface area contributed by atoms with Crippen molar-refractivity contribution >= 4 is 47.1 Å². The Morgan fingerprint density at radius 2 is 1.44 bits per heavy atom. The summed E-state index contributed by atoms with van der Waals surface area (Å²) in [4.78, 5) is 67.7. The summed E-state index contributed by atoms with van der Waals surface area (Å²) in [5, 5.41) is 10.8. The fourth-order valence-corrected chi connectivity index (χ4v) is 10.8. The topological polar surface area (TPSA) is 169 Å². The van der Waals surface area contributed by atoms with E-state index in [9.17, 15) is 24.0 Å². The molecular weight excluding hydrogens is 815 g/mol. The smallest absolute Gasteiger partial charge is 0.263 e. The molecule has 5 heterocycles. The standard InChI is InChI=1S/C49H59N7O6S/c50-45(58)43-44(34-19-21-36(22-20-34)62-35-15-10-9-11-16-35)53-56-38(25-28-51-46(43)56)33-26-30-54(31-27-33)29-12-7-5-3-1-2-4-6-8-13-32-63-40-18-14-17-37-42(40)49(61)55(48(37)60)39-23-24-41(57)52-47(39)59/h9-11,14-22,33,38-39,51H,1-8,12-13,23-32H2,(H2,50,58)(H,52,57,59). The molecular formula is C49H59N7O6S. The zero-order valence-electron chi connectivity index (χ0n) is 36.0. The van der Waals surface area contributed by atoms with Crippen LogP contribution in [0.2, 0.25) is 0 Å². The van der Waals surface area contributed by atoms with E-state index in [0.29, 0.717) is 34.1 Å². The number of aromatic nitrogens is 2. The third-order valence-corrected chi connectivity index (χ3v) is 14.2. The third-order valence-electron chi connectivity index (χ3n) is 13.0. The molecule has 13 nitrogen and oxygen atoms in total. The first kappa shape index (κ1) is 44.1. The molecule has 5 amide bonds. The molecule has 63 heavy (non-hydrogen) atoms. The number of nitrogens with zero attached hydrogens (tertiary/aromatic N) is 4. The number of amides is 5. The van der Waals surface area contributed by atoms with Crippen molar-refractivity contribution in [3.63, 3.8) is 0 Å². The molecule has 332 valence electrons. The molecule has 2 saturated heterocycles. The molecule has 4 aromatic rings. The monoisotopic (exact) mass is 873 g/mol. The average molecular weight is 874 g/mol. The molecule has 4 N–H and O–H groups in total. The summed E-state index contributed by atoms with van der Waals surface area (Å²) in [6.07, 6.45) is 15.7. The normalized spacial score (nSPS) is 19.1. The predicted molar refractivity (Wildman–Crippen MR) is 244 cm³/mol. The maximum absolute atomic E-state index is 13.3. The Morgan fingerprint density at radius 1 is 0.762 bits per heavy atom. The summed E-state index contributed by atoms with van der Waals surface area (Å²) in [5.41, 5.74) is 8.60. The maximum Gasteiger partial charge on any atom is 0.263 e. The van der Waals surface area contributed by atoms with Crippen LogP contribution in [0.3, 0.4) is 0 Å². The number of ether oxygens (including phenoxy) is 1. The van der Waals surface area contributed by atoms with E-state index in [4.69, 9.17) is 15.6 Å². The van der Waals surface area contributed by atoms with Crippen LogP contribution in [0.25, 0.3) is 11.3 Å². The highest BCUT2D eigenvalue weighted by molar-refractivity contribution is 7.99. The summed E-state index contributed by atoms with van der Waals surface area (Å²) in [6, 6.07) is 21.9. The van der Waals surface area contributed by atoms with Crippen molar-refractivity contribution in [2.75, 3.05) is 37.2 Å². The van der Waals surface area contributed by atoms with Gasteiger partial charge in [-0.25, -0.2) is 4.68 Å². The second-order valence-electron chi connectivity index (χ2n) is 17.3. The van der Waals surface area contributed by atoms with E-state index in [2.05, 4.69) is 20.2 Å². The summed E-state index contributed by atoms with van der Waals surface area (Å²) < 4.78 is 8.04. The van der Waals surface area contributed by atoms with Crippen molar-refractivity contribution in [2.24, 2.45) is 11.7 Å². The zero-order chi connectivity index (χ0) is 43.7. The first-order valence-corrected chi connectivity index (χ1v) is 23.9. The molecule has 2 fully saturated rings. The van der Waals surface area contributed by atoms with E-state index in [1.54, 1.807) is 23.9 Å². The van der Waals surface area contributed by atoms with Gasteiger partial charge in [-0.1, -0.05) is 75.6 Å². The van der Waals surface area contributed by atoms with Gasteiger partial charge in [0, 0.05) is 23.4 Å². The maximum atomic E-state index is 13.3. The summed E-state index contributed by atoms with van der Waals surface area (Å²) >= 11 is 1.60. The second kappa shape index (κ2) is 20.8. The van der Waals surface area contributed by atoms with Gasteiger partial charge in [-0.15, -0.1) is 11.8 Å². The molecule has 0 saturated carbocycles. The highest BCUT2D eigenvalue weighted by Gasteiger charge is 2.45. The third kappa shape index (κ3) is 10.3. The minimum Gasteiger partial charge on any atom is -0.457 e. The van der Waals surface area contributed by atoms with E-state index in [1.807, 2.05) is 60.7 Å². The largest absolute Gasteiger partial charge is 0.457 e. The summed E-state index contributed by atoms with van der Waals surface area (Å²) in [7, 11) is 0. The van der Waals surface area contributed by atoms with Crippen molar-refractivity contribution < 1.29 is 28.7 Å². The van der Waals surface area contributed by atoms with Crippen LogP contribution < -0.4 is 21.1 Å². The highest BCUT2D eigenvalue weighted by atomic mass is 32.2. The number of piperidine rings is 2. The van der Waals surface area contributed by atoms with E-state index in [-0.39, 0.29) is 24.8 Å². The number of imide groups is 2. The van der Waals surface area contributed by atoms with Crippen molar-refractivity contribution in [2.45, 2.75) is 113 Å². The van der Waals surface area contributed by atoms with Gasteiger partial charge in [0.05, 0.1) is 17.2 Å². The Balaban J connectivity index is 0.690. The number of benzene rings is 3. The molecule has 0 aliphatic carbocycles. The van der Waals surface area contributed by atoms with Gasteiger partial charge in [0.2, 0.25) is 11.8 Å². The number of fused-ring (bicyclic) bond motifs is 2. The van der Waals surface area contributed by atoms with E-state index >= 15 is 0 Å². The Bertz CT molecular complexity index is 2270. The summed E-state index contributed by atoms with van der Waals surface area (Å²) in [6.45, 7) is 4.13. The Hall–Kier alpha value is -5.47. The zero-order valence-corrected chi connectivity index (χ0v) is 36.8. The lowest BCUT2D eigenvalue weighted by Gasteiger charge is -2.38. The molecule has 0 bridgehead atoms. The number of nitrogens with two attached hydrogens (primary N) is 1. The summed E-state index contributed by atoms with van der Waals surface area (Å²) in [5.74, 6) is 1.24. The molecule has 1 aromatic heterocycles. The number of anilines is 1. The van der Waals surface area contributed by atoms with Gasteiger partial charge in [-0.2, -0.15) is 5.10 Å². The number of thioether (sulfide) groups is 1. The van der Waals surface area contributed by atoms with Crippen LogP contribution in [0.1, 0.15) is 133 Å². The number of unbranched alkanes of at least 4 members (excludes halogenated alkanes) is 9. The number of hydrogen-bond donors (Lipinski definition) is 3. The first-order chi connectivity index (χ1) is 30.8. The minimum absolute atomic E-state index is 0.110. The molecule has 4 aliphatic heterocycles. The van der Waals surface area contributed by atoms with Crippen LogP contribution in [0.15, 0.2) is 77.7 Å². The van der Waals surface area contributed by atoms with Gasteiger partial charge < -0.3 is 20.7 Å². The fraction of sp³-hybridized carbons (Fsp3) is 0.469. The van der Waals surface area contributed by atoms with Gasteiger partial charge in [0.25, 0.3) is 17.7 Å². The average Bonchev–Trinajstić information content (AvgIpc) is 3.81. The van der Waals surface area contributed by atoms with Crippen LogP contribution in [-0.2, 0) is 9.59 Å². The van der Waals surface area contributed by atoms with E-state index in [0.717, 1.165) is 91.0 Å². The highest BCUT2D eigenvalue weighted by Crippen LogP contribution is 2.41. The number of primary amides is 1. The number of hydrogen-bond acceptors (Lipinski definition) is 10. The van der Waals surface area contributed by atoms with Gasteiger partial charge in [0.1, 0.15) is 34.6 Å². The fourth-order valence-electron chi connectivity index (χ4n) is 9.68. The van der Waals surface area contributed by atoms with Gasteiger partial charge in [0.15, 0.2) is 0 Å². The van der Waals surface area contributed by atoms with Crippen LogP contribution in [0, 0.1) is 5.92 Å². The van der Waals surface area contributed by atoms with Crippen LogP contribution in [-0.4, -0.2) is 87.1 Å². The van der Waals surface area contributed by atoms with Gasteiger partial charge >= 0.3 is 0 Å². The van der Waals surface area contributed by atoms with Crippen molar-refractivity contribution in [1.82, 2.24) is 24.9 Å². The number of carbonyl (C=O) groups is 5. The van der Waals surface area contributed by atoms with E-state index in [1.165, 1.54) is 51.4 Å². The minimum atomic E-state index is -0.947. The lowest BCUT2D eigenvalue weighted by molar-refractivity contribution is -0.136. The van der Waals surface area contributed by atoms with E-state index < -0.39 is 29.7 Å². The molecule has 8 rings (SSSR count). The van der Waals surface area contributed by atoms with Crippen molar-refractivity contribution in [1.29, 1.82) is 0 Å². The molecule has 0 radical (unpaired) electrons. The first-order valence-electron chi connectivity index (χ1n) is 23.0. The van der Waals surface area contributed by atoms with Gasteiger partial charge in [-0.3, -0.25) is 34.2 Å². The SMILES string of the molecule is NC(=O)c1c(-c2ccc(Oc3ccccc3)cc2)nn2c1NCCC2C1CCN(CCCCCCCCCCCCSc2cccc3c2C(=O)N(C2CCC(=O)NC2=O)C3=O)CC1. The number of para-hydroxylation sites is 1. The van der Waals surface area contributed by atoms with Crippen LogP contribution in [0.5, 0.6) is 11.5 Å². The molecule has 2 atom stereocenters. The molecule has 3 aromatic carbocycles. The Labute approximate surface area is 373 Å². The second-order valence-corrected chi connectivity index (χ2v) is 18.4. The van der Waals surface area contributed by atoms with Crippen LogP contribution >= 0.6 is 11.8 Å². The number of nitrogens with one attached hydrogen (secondary N) is 2. The molecule has 0 spiro atoms. The Kier molecular flexibility index (Phi) is 14.6. The number of rotatable bonds is 20. The quantitative estimate of drug-likeness (QED) is 0.0444. The lowest BCUT2D eigenvalue weighted by atomic mass is 9.86. The molecule has 4 aliphatic rings. The van der Waals surface area contributed by atoms with Crippen LogP contribution in [0.4, 0.5) is 5.82 Å². The van der Waals surface area contributed by atoms with Crippen molar-refractivity contribution in [3.05, 3.63) is 89.5 Å².